The molecule has 2 atom stereocenters. The van der Waals surface area contributed by atoms with Crippen LogP contribution in [-0.2, 0) is 15.1 Å². The number of aromatic hydroxyl groups is 1. The Morgan fingerprint density at radius 1 is 1.20 bits per heavy atom. The molecule has 2 aromatic carbocycles. The summed E-state index contributed by atoms with van der Waals surface area (Å²) in [5, 5.41) is 25.9. The Bertz CT molecular complexity index is 963. The third kappa shape index (κ3) is 3.32. The lowest BCUT2D eigenvalue weighted by atomic mass is 9.76. The van der Waals surface area contributed by atoms with E-state index in [0.29, 0.717) is 22.7 Å². The van der Waals surface area contributed by atoms with Crippen LogP contribution in [0.1, 0.15) is 55.7 Å². The number of allylic oxidation sites excluding steroid dienone is 1. The number of phenolic OH excluding ortho intramolecular Hbond substituents is 1. The van der Waals surface area contributed by atoms with Gasteiger partial charge >= 0.3 is 0 Å². The van der Waals surface area contributed by atoms with Crippen molar-refractivity contribution in [2.24, 2.45) is 5.92 Å². The molecule has 1 saturated carbocycles. The van der Waals surface area contributed by atoms with Crippen molar-refractivity contribution in [1.29, 1.82) is 0 Å². The number of anilines is 1. The molecule has 1 aliphatic heterocycles. The zero-order chi connectivity index (χ0) is 21.3. The van der Waals surface area contributed by atoms with E-state index < -0.39 is 17.6 Å². The maximum absolute atomic E-state index is 12.7. The number of amides is 1. The van der Waals surface area contributed by atoms with Gasteiger partial charge in [-0.15, -0.1) is 0 Å². The van der Waals surface area contributed by atoms with Crippen LogP contribution in [0.4, 0.5) is 5.69 Å². The second kappa shape index (κ2) is 8.25. The van der Waals surface area contributed by atoms with Crippen LogP contribution in [0.25, 0.3) is 6.08 Å². The highest BCUT2D eigenvalue weighted by molar-refractivity contribution is 6.00. The number of carbonyl (C=O) groups is 1. The first kappa shape index (κ1) is 20.6. The number of carbonyl (C=O) groups excluding carboxylic acids is 1. The van der Waals surface area contributed by atoms with E-state index >= 15 is 0 Å². The first-order valence-corrected chi connectivity index (χ1v) is 10.7. The fourth-order valence-electron chi connectivity index (χ4n) is 5.00. The molecule has 0 aromatic heterocycles. The van der Waals surface area contributed by atoms with E-state index in [-0.39, 0.29) is 11.3 Å². The van der Waals surface area contributed by atoms with Crippen LogP contribution in [0.15, 0.2) is 48.0 Å². The molecule has 1 amide bonds. The third-order valence-electron chi connectivity index (χ3n) is 6.54. The Balaban J connectivity index is 1.90. The van der Waals surface area contributed by atoms with Crippen LogP contribution in [-0.4, -0.2) is 29.3 Å². The average molecular weight is 408 g/mol. The van der Waals surface area contributed by atoms with Crippen molar-refractivity contribution in [1.82, 2.24) is 0 Å². The molecule has 0 spiro atoms. The van der Waals surface area contributed by atoms with E-state index in [0.717, 1.165) is 6.42 Å². The van der Waals surface area contributed by atoms with Crippen molar-refractivity contribution < 1.29 is 19.7 Å². The number of aliphatic hydroxyl groups is 1. The number of ether oxygens (including phenoxy) is 1. The van der Waals surface area contributed by atoms with Gasteiger partial charge in [-0.1, -0.05) is 61.7 Å². The molecule has 3 N–H and O–H groups in total. The number of phenols is 1. The lowest BCUT2D eigenvalue weighted by Crippen LogP contribution is -2.52. The van der Waals surface area contributed by atoms with Crippen LogP contribution in [0.5, 0.6) is 5.75 Å². The van der Waals surface area contributed by atoms with Crippen LogP contribution < -0.4 is 5.32 Å². The van der Waals surface area contributed by atoms with Crippen LogP contribution in [0, 0.1) is 5.92 Å². The topological polar surface area (TPSA) is 78.8 Å². The summed E-state index contributed by atoms with van der Waals surface area (Å²) in [6.07, 6.45) is 6.64. The number of rotatable bonds is 5. The van der Waals surface area contributed by atoms with E-state index in [1.54, 1.807) is 36.4 Å². The molecule has 0 bridgehead atoms. The lowest BCUT2D eigenvalue weighted by molar-refractivity contribution is -0.142. The summed E-state index contributed by atoms with van der Waals surface area (Å²) in [6, 6.07) is 12.5. The molecule has 1 heterocycles. The Morgan fingerprint density at radius 3 is 2.53 bits per heavy atom. The number of hydrogen-bond acceptors (Lipinski definition) is 4. The number of fused-ring (bicyclic) bond motifs is 1. The minimum atomic E-state index is -1.80. The average Bonchev–Trinajstić information content (AvgIpc) is 3.28. The summed E-state index contributed by atoms with van der Waals surface area (Å²) < 4.78 is 5.42. The predicted molar refractivity (Wildman–Crippen MR) is 117 cm³/mol. The number of benzene rings is 2. The smallest absolute Gasteiger partial charge is 0.257 e. The van der Waals surface area contributed by atoms with E-state index in [9.17, 15) is 15.0 Å². The van der Waals surface area contributed by atoms with Gasteiger partial charge in [0.15, 0.2) is 11.7 Å². The predicted octanol–water partition coefficient (Wildman–Crippen LogP) is 4.58. The van der Waals surface area contributed by atoms with Crippen molar-refractivity contribution >= 4 is 17.7 Å². The van der Waals surface area contributed by atoms with Crippen LogP contribution >= 0.6 is 0 Å². The second-order valence-electron chi connectivity index (χ2n) is 8.22. The minimum Gasteiger partial charge on any atom is -0.507 e. The first-order valence-electron chi connectivity index (χ1n) is 10.7. The highest BCUT2D eigenvalue weighted by Crippen LogP contribution is 2.48. The Hall–Kier alpha value is -2.63. The summed E-state index contributed by atoms with van der Waals surface area (Å²) >= 11 is 0. The van der Waals surface area contributed by atoms with Crippen LogP contribution in [0.3, 0.4) is 0 Å². The molecule has 2 unspecified atom stereocenters. The summed E-state index contributed by atoms with van der Waals surface area (Å²) in [5.41, 5.74) is 1.33. The van der Waals surface area contributed by atoms with Gasteiger partial charge in [0, 0.05) is 12.7 Å². The number of hydrogen-bond donors (Lipinski definition) is 3. The quantitative estimate of drug-likeness (QED) is 0.678. The van der Waals surface area contributed by atoms with Gasteiger partial charge in [-0.25, -0.2) is 0 Å². The SMILES string of the molecule is CC/C(=C\c1ccc2c(c1O)C(O)(c1ccccc1)C(OC)C(=O)N2)C1CCCC1. The Labute approximate surface area is 177 Å². The highest BCUT2D eigenvalue weighted by atomic mass is 16.5. The molecule has 30 heavy (non-hydrogen) atoms. The molecule has 158 valence electrons. The van der Waals surface area contributed by atoms with Crippen molar-refractivity contribution in [3.8, 4) is 5.75 Å². The summed E-state index contributed by atoms with van der Waals surface area (Å²) in [6.45, 7) is 2.14. The maximum atomic E-state index is 12.7. The van der Waals surface area contributed by atoms with Gasteiger partial charge in [0.05, 0.1) is 11.3 Å². The summed E-state index contributed by atoms with van der Waals surface area (Å²) in [4.78, 5) is 12.7. The summed E-state index contributed by atoms with van der Waals surface area (Å²) in [7, 11) is 1.39. The van der Waals surface area contributed by atoms with E-state index in [1.165, 1.54) is 38.4 Å². The Morgan fingerprint density at radius 2 is 1.90 bits per heavy atom. The number of methoxy groups -OCH3 is 1. The van der Waals surface area contributed by atoms with Gasteiger partial charge in [-0.3, -0.25) is 4.79 Å². The van der Waals surface area contributed by atoms with Crippen molar-refractivity contribution in [3.05, 3.63) is 64.7 Å². The largest absolute Gasteiger partial charge is 0.507 e. The molecule has 0 saturated heterocycles. The van der Waals surface area contributed by atoms with Crippen molar-refractivity contribution in [3.63, 3.8) is 0 Å². The molecule has 4 rings (SSSR count). The maximum Gasteiger partial charge on any atom is 0.257 e. The Kier molecular flexibility index (Phi) is 5.67. The number of nitrogens with one attached hydrogen (secondary N) is 1. The highest BCUT2D eigenvalue weighted by Gasteiger charge is 2.51. The molecular weight excluding hydrogens is 378 g/mol. The standard InChI is InChI=1S/C25H29NO4/c1-3-16(17-9-7-8-10-17)15-18-13-14-20-21(22(18)27)25(29,19-11-5-4-6-12-19)23(30-2)24(28)26-20/h4-6,11-15,17,23,27,29H,3,7-10H2,1-2H3,(H,26,28)/b16-15+. The van der Waals surface area contributed by atoms with Crippen molar-refractivity contribution in [2.45, 2.75) is 50.7 Å². The molecule has 1 aliphatic carbocycles. The van der Waals surface area contributed by atoms with E-state index in [2.05, 4.69) is 18.3 Å². The lowest BCUT2D eigenvalue weighted by Gasteiger charge is -2.40. The molecule has 5 nitrogen and oxygen atoms in total. The zero-order valence-electron chi connectivity index (χ0n) is 17.5. The minimum absolute atomic E-state index is 0.0233. The van der Waals surface area contributed by atoms with Gasteiger partial charge in [0.25, 0.3) is 5.91 Å². The van der Waals surface area contributed by atoms with E-state index in [4.69, 9.17) is 4.74 Å². The normalized spacial score (nSPS) is 24.6. The fraction of sp³-hybridized carbons (Fsp3) is 0.400. The summed E-state index contributed by atoms with van der Waals surface area (Å²) in [5.74, 6) is 0.0777. The molecule has 1 fully saturated rings. The monoisotopic (exact) mass is 407 g/mol. The molecular formula is C25H29NO4. The zero-order valence-corrected chi connectivity index (χ0v) is 17.5. The van der Waals surface area contributed by atoms with Crippen LogP contribution in [0.2, 0.25) is 0 Å². The van der Waals surface area contributed by atoms with Gasteiger partial charge in [-0.05, 0) is 42.9 Å². The first-order chi connectivity index (χ1) is 14.5. The molecule has 0 radical (unpaired) electrons. The van der Waals surface area contributed by atoms with E-state index in [1.807, 2.05) is 6.07 Å². The second-order valence-corrected chi connectivity index (χ2v) is 8.22. The molecule has 5 heteroatoms. The fourth-order valence-corrected chi connectivity index (χ4v) is 5.00. The van der Waals surface area contributed by atoms with Crippen molar-refractivity contribution in [2.75, 3.05) is 12.4 Å². The van der Waals surface area contributed by atoms with Gasteiger partial charge in [0.2, 0.25) is 0 Å². The van der Waals surface area contributed by atoms with Gasteiger partial charge in [0.1, 0.15) is 5.75 Å². The molecule has 2 aromatic rings. The van der Waals surface area contributed by atoms with Gasteiger partial charge in [-0.2, -0.15) is 0 Å². The van der Waals surface area contributed by atoms with Gasteiger partial charge < -0.3 is 20.3 Å². The molecule has 2 aliphatic rings. The third-order valence-corrected chi connectivity index (χ3v) is 6.54.